The van der Waals surface area contributed by atoms with Crippen molar-refractivity contribution in [3.05, 3.63) is 41.9 Å². The molecule has 0 aliphatic rings. The monoisotopic (exact) mass is 201 g/mol. The lowest BCUT2D eigenvalue weighted by molar-refractivity contribution is 0.757. The highest BCUT2D eigenvalue weighted by atomic mass is 15.3. The summed E-state index contributed by atoms with van der Waals surface area (Å²) in [5, 5.41) is 4.48. The van der Waals surface area contributed by atoms with E-state index < -0.39 is 0 Å². The highest BCUT2D eigenvalue weighted by molar-refractivity contribution is 5.26. The number of pyridine rings is 1. The minimum atomic E-state index is 0.455. The normalized spacial score (nSPS) is 10.9. The van der Waals surface area contributed by atoms with Crippen molar-refractivity contribution in [3.8, 4) is 5.82 Å². The Balaban J connectivity index is 2.37. The van der Waals surface area contributed by atoms with Crippen LogP contribution in [0.5, 0.6) is 0 Å². The van der Waals surface area contributed by atoms with E-state index in [2.05, 4.69) is 30.9 Å². The van der Waals surface area contributed by atoms with Crippen molar-refractivity contribution in [3.63, 3.8) is 0 Å². The molecule has 0 bridgehead atoms. The van der Waals surface area contributed by atoms with Gasteiger partial charge in [0.05, 0.1) is 5.69 Å². The standard InChI is InChI=1S/C12H15N3/c1-9(2)11-5-7-15(14-11)12-8-10(3)4-6-13-12/h4-9H,1-3H3. The van der Waals surface area contributed by atoms with E-state index in [1.54, 1.807) is 6.20 Å². The first-order valence-corrected chi connectivity index (χ1v) is 5.15. The number of nitrogens with zero attached hydrogens (tertiary/aromatic N) is 3. The van der Waals surface area contributed by atoms with Crippen LogP contribution in [0.15, 0.2) is 30.6 Å². The summed E-state index contributed by atoms with van der Waals surface area (Å²) in [6.07, 6.45) is 3.76. The summed E-state index contributed by atoms with van der Waals surface area (Å²) in [7, 11) is 0. The summed E-state index contributed by atoms with van der Waals surface area (Å²) in [5.74, 6) is 1.33. The van der Waals surface area contributed by atoms with Crippen LogP contribution in [0.4, 0.5) is 0 Å². The third-order valence-electron chi connectivity index (χ3n) is 2.34. The van der Waals surface area contributed by atoms with Crippen molar-refractivity contribution in [2.45, 2.75) is 26.7 Å². The molecule has 0 aliphatic carbocycles. The summed E-state index contributed by atoms with van der Waals surface area (Å²) in [6, 6.07) is 6.04. The van der Waals surface area contributed by atoms with Gasteiger partial charge in [-0.1, -0.05) is 13.8 Å². The lowest BCUT2D eigenvalue weighted by Gasteiger charge is -2.01. The molecule has 2 aromatic rings. The minimum absolute atomic E-state index is 0.455. The molecule has 0 aliphatic heterocycles. The zero-order chi connectivity index (χ0) is 10.8. The first kappa shape index (κ1) is 9.90. The summed E-state index contributed by atoms with van der Waals surface area (Å²) < 4.78 is 1.82. The fourth-order valence-electron chi connectivity index (χ4n) is 1.42. The molecule has 0 aromatic carbocycles. The second-order valence-corrected chi connectivity index (χ2v) is 4.03. The molecular formula is C12H15N3. The molecule has 2 heterocycles. The van der Waals surface area contributed by atoms with Crippen LogP contribution in [0.3, 0.4) is 0 Å². The van der Waals surface area contributed by atoms with E-state index in [0.717, 1.165) is 11.5 Å². The van der Waals surface area contributed by atoms with Crippen molar-refractivity contribution in [1.29, 1.82) is 0 Å². The van der Waals surface area contributed by atoms with E-state index in [0.29, 0.717) is 5.92 Å². The van der Waals surface area contributed by atoms with Crippen LogP contribution < -0.4 is 0 Å². The number of aryl methyl sites for hydroxylation is 1. The quantitative estimate of drug-likeness (QED) is 0.748. The molecule has 15 heavy (non-hydrogen) atoms. The van der Waals surface area contributed by atoms with Crippen LogP contribution in [0.2, 0.25) is 0 Å². The predicted octanol–water partition coefficient (Wildman–Crippen LogP) is 2.70. The van der Waals surface area contributed by atoms with E-state index in [4.69, 9.17) is 0 Å². The topological polar surface area (TPSA) is 30.7 Å². The van der Waals surface area contributed by atoms with Gasteiger partial charge in [0.15, 0.2) is 5.82 Å². The van der Waals surface area contributed by atoms with Crippen molar-refractivity contribution < 1.29 is 0 Å². The Kier molecular flexibility index (Phi) is 2.54. The van der Waals surface area contributed by atoms with Crippen molar-refractivity contribution in [2.24, 2.45) is 0 Å². The minimum Gasteiger partial charge on any atom is -0.237 e. The molecule has 3 heteroatoms. The van der Waals surface area contributed by atoms with Gasteiger partial charge >= 0.3 is 0 Å². The van der Waals surface area contributed by atoms with Crippen molar-refractivity contribution >= 4 is 0 Å². The highest BCUT2D eigenvalue weighted by Gasteiger charge is 2.05. The predicted molar refractivity (Wildman–Crippen MR) is 60.2 cm³/mol. The maximum Gasteiger partial charge on any atom is 0.153 e. The molecular weight excluding hydrogens is 186 g/mol. The van der Waals surface area contributed by atoms with Gasteiger partial charge in [0.1, 0.15) is 0 Å². The van der Waals surface area contributed by atoms with E-state index in [1.807, 2.05) is 29.1 Å². The maximum absolute atomic E-state index is 4.48. The van der Waals surface area contributed by atoms with Gasteiger partial charge in [-0.05, 0) is 36.6 Å². The molecule has 0 atom stereocenters. The van der Waals surface area contributed by atoms with E-state index in [-0.39, 0.29) is 0 Å². The SMILES string of the molecule is Cc1ccnc(-n2ccc(C(C)C)n2)c1. The third kappa shape index (κ3) is 2.06. The average Bonchev–Trinajstić information content (AvgIpc) is 2.66. The number of hydrogen-bond donors (Lipinski definition) is 0. The fraction of sp³-hybridized carbons (Fsp3) is 0.333. The molecule has 0 fully saturated rings. The second kappa shape index (κ2) is 3.85. The summed E-state index contributed by atoms with van der Waals surface area (Å²) in [5.41, 5.74) is 2.29. The van der Waals surface area contributed by atoms with Crippen molar-refractivity contribution in [1.82, 2.24) is 14.8 Å². The molecule has 0 radical (unpaired) electrons. The summed E-state index contributed by atoms with van der Waals surface area (Å²) in [6.45, 7) is 6.32. The van der Waals surface area contributed by atoms with E-state index in [9.17, 15) is 0 Å². The molecule has 0 amide bonds. The van der Waals surface area contributed by atoms with Gasteiger partial charge in [0.2, 0.25) is 0 Å². The number of aromatic nitrogens is 3. The summed E-state index contributed by atoms with van der Waals surface area (Å²) in [4.78, 5) is 4.28. The smallest absolute Gasteiger partial charge is 0.153 e. The average molecular weight is 201 g/mol. The van der Waals surface area contributed by atoms with Crippen LogP contribution in [0, 0.1) is 6.92 Å². The first-order valence-electron chi connectivity index (χ1n) is 5.15. The molecule has 78 valence electrons. The van der Waals surface area contributed by atoms with Gasteiger partial charge in [0.25, 0.3) is 0 Å². The molecule has 3 nitrogen and oxygen atoms in total. The third-order valence-corrected chi connectivity index (χ3v) is 2.34. The van der Waals surface area contributed by atoms with Gasteiger partial charge < -0.3 is 0 Å². The number of rotatable bonds is 2. The van der Waals surface area contributed by atoms with Crippen LogP contribution in [-0.2, 0) is 0 Å². The Labute approximate surface area is 89.8 Å². The van der Waals surface area contributed by atoms with Crippen LogP contribution in [0.25, 0.3) is 5.82 Å². The largest absolute Gasteiger partial charge is 0.237 e. The zero-order valence-electron chi connectivity index (χ0n) is 9.31. The van der Waals surface area contributed by atoms with Crippen LogP contribution in [-0.4, -0.2) is 14.8 Å². The van der Waals surface area contributed by atoms with Gasteiger partial charge in [-0.2, -0.15) is 5.10 Å². The lowest BCUT2D eigenvalue weighted by Crippen LogP contribution is -1.99. The molecule has 0 spiro atoms. The Morgan fingerprint density at radius 2 is 2.07 bits per heavy atom. The molecule has 2 rings (SSSR count). The Bertz CT molecular complexity index is 457. The van der Waals surface area contributed by atoms with Crippen LogP contribution >= 0.6 is 0 Å². The van der Waals surface area contributed by atoms with Gasteiger partial charge in [-0.15, -0.1) is 0 Å². The summed E-state index contributed by atoms with van der Waals surface area (Å²) >= 11 is 0. The molecule has 0 unspecified atom stereocenters. The van der Waals surface area contributed by atoms with Crippen LogP contribution in [0.1, 0.15) is 31.0 Å². The highest BCUT2D eigenvalue weighted by Crippen LogP contribution is 2.13. The Hall–Kier alpha value is -1.64. The van der Waals surface area contributed by atoms with Gasteiger partial charge in [-0.25, -0.2) is 9.67 Å². The molecule has 0 saturated heterocycles. The maximum atomic E-state index is 4.48. The van der Waals surface area contributed by atoms with Gasteiger partial charge in [0, 0.05) is 12.4 Å². The van der Waals surface area contributed by atoms with Gasteiger partial charge in [-0.3, -0.25) is 0 Å². The number of hydrogen-bond acceptors (Lipinski definition) is 2. The van der Waals surface area contributed by atoms with E-state index >= 15 is 0 Å². The fourth-order valence-corrected chi connectivity index (χ4v) is 1.42. The molecule has 2 aromatic heterocycles. The zero-order valence-corrected chi connectivity index (χ0v) is 9.31. The lowest BCUT2D eigenvalue weighted by atomic mass is 10.1. The molecule has 0 saturated carbocycles. The Morgan fingerprint density at radius 1 is 1.27 bits per heavy atom. The van der Waals surface area contributed by atoms with Crippen molar-refractivity contribution in [2.75, 3.05) is 0 Å². The van der Waals surface area contributed by atoms with E-state index in [1.165, 1.54) is 5.56 Å². The Morgan fingerprint density at radius 3 is 2.67 bits per heavy atom. The first-order chi connectivity index (χ1) is 7.16. The molecule has 0 N–H and O–H groups in total. The second-order valence-electron chi connectivity index (χ2n) is 4.03.